The van der Waals surface area contributed by atoms with E-state index in [0.717, 1.165) is 4.47 Å². The highest BCUT2D eigenvalue weighted by atomic mass is 79.9. The van der Waals surface area contributed by atoms with Crippen LogP contribution in [0.5, 0.6) is 0 Å². The summed E-state index contributed by atoms with van der Waals surface area (Å²) in [6, 6.07) is 6.80. The van der Waals surface area contributed by atoms with E-state index in [-0.39, 0.29) is 11.5 Å². The van der Waals surface area contributed by atoms with Crippen LogP contribution < -0.4 is 10.6 Å². The molecule has 0 unspecified atom stereocenters. The van der Waals surface area contributed by atoms with Gasteiger partial charge in [-0.1, -0.05) is 22.0 Å². The number of amides is 2. The molecule has 1 fully saturated rings. The third kappa shape index (κ3) is 3.94. The van der Waals surface area contributed by atoms with E-state index in [1.807, 2.05) is 6.07 Å². The Balaban J connectivity index is 1.99. The SMILES string of the molecule is C[C@]1(NC(=O)Nc2cccc(Br)c2)CCS(=O)(=O)C1. The zero-order valence-electron chi connectivity index (χ0n) is 10.4. The van der Waals surface area contributed by atoms with E-state index in [9.17, 15) is 13.2 Å². The predicted molar refractivity (Wildman–Crippen MR) is 78.0 cm³/mol. The number of sulfone groups is 1. The molecule has 0 aromatic heterocycles. The van der Waals surface area contributed by atoms with Gasteiger partial charge in [0.15, 0.2) is 9.84 Å². The topological polar surface area (TPSA) is 75.3 Å². The largest absolute Gasteiger partial charge is 0.332 e. The van der Waals surface area contributed by atoms with Crippen LogP contribution >= 0.6 is 15.9 Å². The smallest absolute Gasteiger partial charge is 0.319 e. The minimum atomic E-state index is -3.03. The summed E-state index contributed by atoms with van der Waals surface area (Å²) in [6.45, 7) is 1.75. The Hall–Kier alpha value is -1.08. The summed E-state index contributed by atoms with van der Waals surface area (Å²) in [6.07, 6.45) is 0.446. The number of halogens is 1. The van der Waals surface area contributed by atoms with Crippen molar-refractivity contribution in [1.29, 1.82) is 0 Å². The molecule has 1 aliphatic heterocycles. The molecule has 0 spiro atoms. The van der Waals surface area contributed by atoms with Crippen LogP contribution in [0.2, 0.25) is 0 Å². The number of anilines is 1. The van der Waals surface area contributed by atoms with Crippen LogP contribution in [0, 0.1) is 0 Å². The Morgan fingerprint density at radius 3 is 2.74 bits per heavy atom. The number of benzene rings is 1. The van der Waals surface area contributed by atoms with E-state index in [0.29, 0.717) is 12.1 Å². The number of carbonyl (C=O) groups is 1. The molecular formula is C12H15BrN2O3S. The number of hydrogen-bond donors (Lipinski definition) is 2. The average molecular weight is 347 g/mol. The standard InChI is InChI=1S/C12H15BrN2O3S/c1-12(5-6-19(17,18)8-12)15-11(16)14-10-4-2-3-9(13)7-10/h2-4,7H,5-6,8H2,1H3,(H2,14,15,16)/t12-/m0/s1. The maximum absolute atomic E-state index is 11.9. The van der Waals surface area contributed by atoms with Crippen molar-refractivity contribution in [2.45, 2.75) is 18.9 Å². The molecular weight excluding hydrogens is 332 g/mol. The summed E-state index contributed by atoms with van der Waals surface area (Å²) in [5, 5.41) is 5.42. The highest BCUT2D eigenvalue weighted by Gasteiger charge is 2.39. The van der Waals surface area contributed by atoms with Gasteiger partial charge in [-0.3, -0.25) is 0 Å². The van der Waals surface area contributed by atoms with Gasteiger partial charge in [0.05, 0.1) is 17.0 Å². The molecule has 0 radical (unpaired) electrons. The predicted octanol–water partition coefficient (Wildman–Crippen LogP) is 2.15. The normalized spacial score (nSPS) is 24.9. The summed E-state index contributed by atoms with van der Waals surface area (Å²) in [7, 11) is -3.03. The molecule has 0 bridgehead atoms. The van der Waals surface area contributed by atoms with Gasteiger partial charge in [0.25, 0.3) is 0 Å². The molecule has 1 aromatic carbocycles. The first-order valence-corrected chi connectivity index (χ1v) is 8.45. The molecule has 5 nitrogen and oxygen atoms in total. The van der Waals surface area contributed by atoms with Crippen LogP contribution in [-0.2, 0) is 9.84 Å². The molecule has 1 saturated heterocycles. The molecule has 2 amide bonds. The van der Waals surface area contributed by atoms with Crippen LogP contribution in [0.25, 0.3) is 0 Å². The van der Waals surface area contributed by atoms with Gasteiger partial charge in [-0.05, 0) is 31.5 Å². The second-order valence-corrected chi connectivity index (χ2v) is 8.09. The highest BCUT2D eigenvalue weighted by molar-refractivity contribution is 9.10. The molecule has 1 atom stereocenters. The van der Waals surface area contributed by atoms with Crippen molar-refractivity contribution < 1.29 is 13.2 Å². The average Bonchev–Trinajstić information content (AvgIpc) is 2.52. The van der Waals surface area contributed by atoms with Crippen LogP contribution in [0.4, 0.5) is 10.5 Å². The number of rotatable bonds is 2. The van der Waals surface area contributed by atoms with Crippen LogP contribution in [0.15, 0.2) is 28.7 Å². The van der Waals surface area contributed by atoms with Gasteiger partial charge >= 0.3 is 6.03 Å². The lowest BCUT2D eigenvalue weighted by Crippen LogP contribution is -2.48. The Morgan fingerprint density at radius 1 is 1.42 bits per heavy atom. The number of carbonyl (C=O) groups excluding carboxylic acids is 1. The fourth-order valence-electron chi connectivity index (χ4n) is 2.11. The lowest BCUT2D eigenvalue weighted by molar-refractivity contribution is 0.242. The first-order valence-electron chi connectivity index (χ1n) is 5.83. The van der Waals surface area contributed by atoms with Gasteiger partial charge in [0.1, 0.15) is 0 Å². The van der Waals surface area contributed by atoms with E-state index in [1.165, 1.54) is 0 Å². The molecule has 0 aliphatic carbocycles. The van der Waals surface area contributed by atoms with Crippen molar-refractivity contribution in [2.75, 3.05) is 16.8 Å². The molecule has 7 heteroatoms. The minimum Gasteiger partial charge on any atom is -0.332 e. The van der Waals surface area contributed by atoms with Gasteiger partial charge in [-0.2, -0.15) is 0 Å². The number of hydrogen-bond acceptors (Lipinski definition) is 3. The van der Waals surface area contributed by atoms with Gasteiger partial charge in [0.2, 0.25) is 0 Å². The fourth-order valence-corrected chi connectivity index (χ4v) is 4.60. The van der Waals surface area contributed by atoms with Gasteiger partial charge in [0, 0.05) is 10.2 Å². The first kappa shape index (κ1) is 14.3. The van der Waals surface area contributed by atoms with Gasteiger partial charge < -0.3 is 10.6 Å². The molecule has 2 rings (SSSR count). The van der Waals surface area contributed by atoms with E-state index < -0.39 is 21.4 Å². The maximum Gasteiger partial charge on any atom is 0.319 e. The van der Waals surface area contributed by atoms with Gasteiger partial charge in [-0.15, -0.1) is 0 Å². The fraction of sp³-hybridized carbons (Fsp3) is 0.417. The number of nitrogens with one attached hydrogen (secondary N) is 2. The Kier molecular flexibility index (Phi) is 3.87. The number of urea groups is 1. The zero-order valence-corrected chi connectivity index (χ0v) is 12.8. The molecule has 1 aliphatic rings. The summed E-state index contributed by atoms with van der Waals surface area (Å²) in [4.78, 5) is 11.9. The summed E-state index contributed by atoms with van der Waals surface area (Å²) in [5.74, 6) is 0.118. The first-order chi connectivity index (χ1) is 8.78. The molecule has 19 heavy (non-hydrogen) atoms. The van der Waals surface area contributed by atoms with Crippen molar-refractivity contribution in [3.63, 3.8) is 0 Å². The van der Waals surface area contributed by atoms with E-state index in [1.54, 1.807) is 25.1 Å². The summed E-state index contributed by atoms with van der Waals surface area (Å²) < 4.78 is 23.8. The summed E-state index contributed by atoms with van der Waals surface area (Å²) >= 11 is 3.31. The lowest BCUT2D eigenvalue weighted by Gasteiger charge is -2.24. The van der Waals surface area contributed by atoms with E-state index >= 15 is 0 Å². The summed E-state index contributed by atoms with van der Waals surface area (Å²) in [5.41, 5.74) is -0.0362. The van der Waals surface area contributed by atoms with Crippen molar-refractivity contribution >= 4 is 37.5 Å². The lowest BCUT2D eigenvalue weighted by atomic mass is 10.0. The Labute approximate surface area is 120 Å². The Bertz CT molecular complexity index is 603. The third-order valence-corrected chi connectivity index (χ3v) is 5.40. The highest BCUT2D eigenvalue weighted by Crippen LogP contribution is 2.23. The van der Waals surface area contributed by atoms with E-state index in [4.69, 9.17) is 0 Å². The maximum atomic E-state index is 11.9. The second kappa shape index (κ2) is 5.13. The third-order valence-electron chi connectivity index (χ3n) is 3.00. The monoisotopic (exact) mass is 346 g/mol. The van der Waals surface area contributed by atoms with E-state index in [2.05, 4.69) is 26.6 Å². The van der Waals surface area contributed by atoms with Crippen LogP contribution in [-0.4, -0.2) is 31.5 Å². The van der Waals surface area contributed by atoms with Gasteiger partial charge in [-0.25, -0.2) is 13.2 Å². The molecule has 0 saturated carbocycles. The molecule has 1 heterocycles. The zero-order chi connectivity index (χ0) is 14.1. The van der Waals surface area contributed by atoms with Crippen LogP contribution in [0.3, 0.4) is 0 Å². The van der Waals surface area contributed by atoms with Crippen molar-refractivity contribution in [2.24, 2.45) is 0 Å². The van der Waals surface area contributed by atoms with Crippen LogP contribution in [0.1, 0.15) is 13.3 Å². The quantitative estimate of drug-likeness (QED) is 0.861. The second-order valence-electron chi connectivity index (χ2n) is 4.99. The van der Waals surface area contributed by atoms with Crippen molar-refractivity contribution in [3.05, 3.63) is 28.7 Å². The minimum absolute atomic E-state index is 0.00803. The van der Waals surface area contributed by atoms with Crippen molar-refractivity contribution in [3.8, 4) is 0 Å². The van der Waals surface area contributed by atoms with Crippen molar-refractivity contribution in [1.82, 2.24) is 5.32 Å². The molecule has 1 aromatic rings. The Morgan fingerprint density at radius 2 is 2.16 bits per heavy atom. The molecule has 104 valence electrons. The molecule has 2 N–H and O–H groups in total.